The predicted octanol–water partition coefficient (Wildman–Crippen LogP) is 17.5. The van der Waals surface area contributed by atoms with Crippen LogP contribution >= 0.6 is 0 Å². The molecule has 0 aromatic rings. The lowest BCUT2D eigenvalue weighted by molar-refractivity contribution is -0.167. The van der Waals surface area contributed by atoms with Crippen molar-refractivity contribution in [2.24, 2.45) is 0 Å². The Balaban J connectivity index is 4.55. The fourth-order valence-corrected chi connectivity index (χ4v) is 6.79. The number of carbonyl (C=O) groups is 3. The van der Waals surface area contributed by atoms with E-state index in [0.717, 1.165) is 83.5 Å². The Kier molecular flexibility index (Phi) is 49.6. The summed E-state index contributed by atoms with van der Waals surface area (Å²) in [5.74, 6) is -1.00. The van der Waals surface area contributed by atoms with Crippen molar-refractivity contribution in [2.75, 3.05) is 13.2 Å². The molecule has 0 fully saturated rings. The Morgan fingerprint density at radius 2 is 0.591 bits per heavy atom. The van der Waals surface area contributed by atoms with Gasteiger partial charge in [0.25, 0.3) is 0 Å². The molecule has 0 saturated heterocycles. The molecule has 66 heavy (non-hydrogen) atoms. The molecule has 0 aliphatic heterocycles. The molecule has 0 heterocycles. The molecule has 0 aliphatic rings. The van der Waals surface area contributed by atoms with Gasteiger partial charge < -0.3 is 14.2 Å². The predicted molar refractivity (Wildman–Crippen MR) is 283 cm³/mol. The summed E-state index contributed by atoms with van der Waals surface area (Å²) in [7, 11) is 0. The van der Waals surface area contributed by atoms with E-state index in [2.05, 4.69) is 45.1 Å². The second kappa shape index (κ2) is 53.2. The molecule has 0 aromatic carbocycles. The number of esters is 3. The van der Waals surface area contributed by atoms with Gasteiger partial charge >= 0.3 is 17.9 Å². The van der Waals surface area contributed by atoms with Crippen molar-refractivity contribution < 1.29 is 28.6 Å². The van der Waals surface area contributed by atoms with Gasteiger partial charge in [0.05, 0.1) is 0 Å². The molecular formula is C60H94O6. The van der Waals surface area contributed by atoms with E-state index in [-0.39, 0.29) is 31.1 Å². The van der Waals surface area contributed by atoms with Crippen molar-refractivity contribution in [3.63, 3.8) is 0 Å². The first-order chi connectivity index (χ1) is 32.5. The fraction of sp³-hybridized carbons (Fsp3) is 0.583. The lowest BCUT2D eigenvalue weighted by atomic mass is 10.0. The highest BCUT2D eigenvalue weighted by molar-refractivity contribution is 5.71. The maximum Gasteiger partial charge on any atom is 0.306 e. The van der Waals surface area contributed by atoms with Crippen molar-refractivity contribution in [3.05, 3.63) is 134 Å². The summed E-state index contributed by atoms with van der Waals surface area (Å²) < 4.78 is 16.7. The highest BCUT2D eigenvalue weighted by atomic mass is 16.6. The minimum Gasteiger partial charge on any atom is -0.462 e. The maximum atomic E-state index is 12.8. The number of allylic oxidation sites excluding steroid dienone is 22. The van der Waals surface area contributed by atoms with Crippen LogP contribution in [0.5, 0.6) is 0 Å². The highest BCUT2D eigenvalue weighted by Crippen LogP contribution is 2.15. The van der Waals surface area contributed by atoms with Crippen LogP contribution < -0.4 is 0 Å². The largest absolute Gasteiger partial charge is 0.462 e. The molecule has 0 N–H and O–H groups in total. The summed E-state index contributed by atoms with van der Waals surface area (Å²) in [6, 6.07) is 0. The number of rotatable bonds is 45. The van der Waals surface area contributed by atoms with Gasteiger partial charge in [0.2, 0.25) is 0 Å². The third-order valence-electron chi connectivity index (χ3n) is 10.7. The van der Waals surface area contributed by atoms with Crippen molar-refractivity contribution in [1.82, 2.24) is 0 Å². The van der Waals surface area contributed by atoms with Gasteiger partial charge in [-0.1, -0.05) is 264 Å². The topological polar surface area (TPSA) is 78.9 Å². The minimum atomic E-state index is -0.816. The molecule has 1 unspecified atom stereocenters. The van der Waals surface area contributed by atoms with Crippen LogP contribution in [0.2, 0.25) is 0 Å². The summed E-state index contributed by atoms with van der Waals surface area (Å²) in [5, 5.41) is 0. The van der Waals surface area contributed by atoms with E-state index in [9.17, 15) is 14.4 Å². The number of unbranched alkanes of at least 4 members (excludes halogenated alkanes) is 21. The first-order valence-electron chi connectivity index (χ1n) is 26.3. The van der Waals surface area contributed by atoms with Crippen LogP contribution in [0.25, 0.3) is 0 Å². The van der Waals surface area contributed by atoms with Gasteiger partial charge in [-0.2, -0.15) is 0 Å². The Bertz CT molecular complexity index is 1460. The average molecular weight is 911 g/mol. The molecule has 0 spiro atoms. The van der Waals surface area contributed by atoms with Crippen molar-refractivity contribution in [2.45, 2.75) is 213 Å². The molecule has 0 saturated carbocycles. The van der Waals surface area contributed by atoms with Crippen molar-refractivity contribution in [1.29, 1.82) is 0 Å². The number of hydrogen-bond acceptors (Lipinski definition) is 6. The second-order valence-electron chi connectivity index (χ2n) is 17.0. The standard InChI is InChI=1S/C60H94O6/c1-4-7-10-13-16-19-22-25-27-29-30-31-33-35-38-41-44-47-50-53-59(62)65-56-57(55-64-58(61)52-49-46-43-40-37-34-24-21-18-15-12-9-6-3)66-60(63)54-51-48-45-42-39-36-32-28-26-23-20-17-14-11-8-5-2/h7,9-10,12-13,15-16,18-19,21-22,24-25,27,29-31,33-35,37-38,57H,4-6,8,11,14,17,20,23,26,28,32,36,39-56H2,1-3H3/b10-7-,12-9-,16-13-,18-15-,22-19-,24-21-,27-25-,30-29+,33-31-,37-34-,38-35-. The van der Waals surface area contributed by atoms with Gasteiger partial charge in [0.15, 0.2) is 6.10 Å². The van der Waals surface area contributed by atoms with E-state index < -0.39 is 6.10 Å². The highest BCUT2D eigenvalue weighted by Gasteiger charge is 2.19. The van der Waals surface area contributed by atoms with Crippen LogP contribution in [0.4, 0.5) is 0 Å². The quantitative estimate of drug-likeness (QED) is 0.0262. The van der Waals surface area contributed by atoms with E-state index in [1.54, 1.807) is 0 Å². The average Bonchev–Trinajstić information content (AvgIpc) is 3.31. The maximum absolute atomic E-state index is 12.8. The lowest BCUT2D eigenvalue weighted by Crippen LogP contribution is -2.30. The smallest absolute Gasteiger partial charge is 0.306 e. The minimum absolute atomic E-state index is 0.117. The lowest BCUT2D eigenvalue weighted by Gasteiger charge is -2.18. The van der Waals surface area contributed by atoms with Gasteiger partial charge in [-0.3, -0.25) is 14.4 Å². The van der Waals surface area contributed by atoms with Gasteiger partial charge in [0.1, 0.15) is 13.2 Å². The van der Waals surface area contributed by atoms with Crippen LogP contribution in [-0.4, -0.2) is 37.2 Å². The van der Waals surface area contributed by atoms with E-state index >= 15 is 0 Å². The van der Waals surface area contributed by atoms with Gasteiger partial charge in [0, 0.05) is 19.3 Å². The van der Waals surface area contributed by atoms with E-state index in [1.165, 1.54) is 83.5 Å². The molecule has 0 aromatic heterocycles. The fourth-order valence-electron chi connectivity index (χ4n) is 6.79. The molecule has 6 heteroatoms. The monoisotopic (exact) mass is 911 g/mol. The summed E-state index contributed by atoms with van der Waals surface area (Å²) in [6.07, 6.45) is 74.3. The molecule has 6 nitrogen and oxygen atoms in total. The third kappa shape index (κ3) is 50.5. The molecular weight excluding hydrogens is 817 g/mol. The summed E-state index contributed by atoms with van der Waals surface area (Å²) in [6.45, 7) is 6.27. The molecule has 0 radical (unpaired) electrons. The van der Waals surface area contributed by atoms with E-state index in [4.69, 9.17) is 14.2 Å². The zero-order valence-electron chi connectivity index (χ0n) is 42.1. The first kappa shape index (κ1) is 61.5. The van der Waals surface area contributed by atoms with Crippen molar-refractivity contribution >= 4 is 17.9 Å². The van der Waals surface area contributed by atoms with Crippen LogP contribution in [0, 0.1) is 0 Å². The normalized spacial score (nSPS) is 13.2. The van der Waals surface area contributed by atoms with Crippen molar-refractivity contribution in [3.8, 4) is 0 Å². The van der Waals surface area contributed by atoms with Crippen LogP contribution in [-0.2, 0) is 28.6 Å². The molecule has 0 bridgehead atoms. The molecule has 0 aliphatic carbocycles. The first-order valence-corrected chi connectivity index (χ1v) is 26.3. The Morgan fingerprint density at radius 3 is 0.924 bits per heavy atom. The Labute approximate surface area is 405 Å². The van der Waals surface area contributed by atoms with E-state index in [0.29, 0.717) is 19.3 Å². The molecule has 0 amide bonds. The zero-order chi connectivity index (χ0) is 47.9. The second-order valence-corrected chi connectivity index (χ2v) is 17.0. The Morgan fingerprint density at radius 1 is 0.318 bits per heavy atom. The summed E-state index contributed by atoms with van der Waals surface area (Å²) >= 11 is 0. The summed E-state index contributed by atoms with van der Waals surface area (Å²) in [4.78, 5) is 38.0. The molecule has 1 atom stereocenters. The van der Waals surface area contributed by atoms with Crippen LogP contribution in [0.1, 0.15) is 207 Å². The van der Waals surface area contributed by atoms with E-state index in [1.807, 2.05) is 109 Å². The van der Waals surface area contributed by atoms with Crippen LogP contribution in [0.3, 0.4) is 0 Å². The van der Waals surface area contributed by atoms with Gasteiger partial charge in [-0.25, -0.2) is 0 Å². The van der Waals surface area contributed by atoms with Gasteiger partial charge in [-0.05, 0) is 57.8 Å². The molecule has 0 rings (SSSR count). The SMILES string of the molecule is CC\C=C/C=C\C=C/C=C\C=C\C=C/C=C\CCCCCC(=O)OCC(COC(=O)CCCCC\C=C/C=C\C=C/C=C\CC)OC(=O)CCCCCCCCCCCCCCCCCC. The third-order valence-corrected chi connectivity index (χ3v) is 10.7. The summed E-state index contributed by atoms with van der Waals surface area (Å²) in [5.41, 5.74) is 0. The zero-order valence-corrected chi connectivity index (χ0v) is 42.1. The van der Waals surface area contributed by atoms with Gasteiger partial charge in [-0.15, -0.1) is 0 Å². The van der Waals surface area contributed by atoms with Crippen LogP contribution in [0.15, 0.2) is 134 Å². The number of carbonyl (C=O) groups excluding carboxylic acids is 3. The molecule has 370 valence electrons. The number of hydrogen-bond donors (Lipinski definition) is 0. The Hall–Kier alpha value is -4.45. The number of ether oxygens (including phenoxy) is 3.